The summed E-state index contributed by atoms with van der Waals surface area (Å²) in [4.78, 5) is 19.3. The van der Waals surface area contributed by atoms with E-state index in [2.05, 4.69) is 60.9 Å². The Morgan fingerprint density at radius 1 is 0.636 bits per heavy atom. The second kappa shape index (κ2) is 13.8. The normalized spacial score (nSPS) is 15.1. The summed E-state index contributed by atoms with van der Waals surface area (Å²) in [6.45, 7) is 7.65. The smallest absolute Gasteiger partial charge is 0.237 e. The summed E-state index contributed by atoms with van der Waals surface area (Å²) < 4.78 is 11.3. The molecule has 0 bridgehead atoms. The van der Waals surface area contributed by atoms with Crippen LogP contribution in [0.5, 0.6) is 11.8 Å². The number of methoxy groups -OCH3 is 2. The van der Waals surface area contributed by atoms with Crippen LogP contribution in [0.1, 0.15) is 61.0 Å². The third kappa shape index (κ3) is 6.47. The standard InChI is InChI=1S/C36H44N6O2/c1-23-27(13-7-15-29(23)31-21-39-33(35(41-31)43-3)19-37-17-25-9-5-10-25)28-14-8-16-30(24(28)2)32-22-40-34(36(42-32)44-4)20-38-18-26-11-6-12-26/h7-8,13-16,21-22,25-26,37-38H,5-6,9-12,17-20H2,1-4H3. The first-order valence-electron chi connectivity index (χ1n) is 16.0. The lowest BCUT2D eigenvalue weighted by molar-refractivity contribution is 0.299. The summed E-state index contributed by atoms with van der Waals surface area (Å²) in [6, 6.07) is 12.7. The Kier molecular flexibility index (Phi) is 9.48. The molecule has 4 aromatic rings. The van der Waals surface area contributed by atoms with Crippen LogP contribution in [0.4, 0.5) is 0 Å². The van der Waals surface area contributed by atoms with Gasteiger partial charge in [0, 0.05) is 24.2 Å². The fraction of sp³-hybridized carbons (Fsp3) is 0.444. The molecule has 0 aliphatic heterocycles. The largest absolute Gasteiger partial charge is 0.480 e. The van der Waals surface area contributed by atoms with Crippen LogP contribution in [0, 0.1) is 25.7 Å². The Bertz CT molecular complexity index is 1480. The molecule has 0 atom stereocenters. The molecular formula is C36H44N6O2. The molecule has 2 heterocycles. The summed E-state index contributed by atoms with van der Waals surface area (Å²) >= 11 is 0. The number of nitrogens with one attached hydrogen (secondary N) is 2. The van der Waals surface area contributed by atoms with Crippen LogP contribution in [-0.4, -0.2) is 47.2 Å². The molecule has 2 aliphatic rings. The van der Waals surface area contributed by atoms with Crippen LogP contribution in [-0.2, 0) is 13.1 Å². The number of hydrogen-bond donors (Lipinski definition) is 2. The lowest BCUT2D eigenvalue weighted by Gasteiger charge is -2.25. The van der Waals surface area contributed by atoms with E-state index >= 15 is 0 Å². The maximum atomic E-state index is 5.67. The minimum absolute atomic E-state index is 0.570. The van der Waals surface area contributed by atoms with Gasteiger partial charge in [-0.05, 0) is 86.7 Å². The molecule has 0 spiro atoms. The van der Waals surface area contributed by atoms with Gasteiger partial charge >= 0.3 is 0 Å². The van der Waals surface area contributed by atoms with Gasteiger partial charge in [0.1, 0.15) is 11.4 Å². The van der Waals surface area contributed by atoms with Crippen molar-refractivity contribution < 1.29 is 9.47 Å². The second-order valence-corrected chi connectivity index (χ2v) is 12.2. The monoisotopic (exact) mass is 592 g/mol. The van der Waals surface area contributed by atoms with Crippen molar-refractivity contribution in [3.05, 3.63) is 71.3 Å². The van der Waals surface area contributed by atoms with Crippen molar-refractivity contribution in [3.63, 3.8) is 0 Å². The highest BCUT2D eigenvalue weighted by atomic mass is 16.5. The number of rotatable bonds is 13. The molecule has 0 unspecified atom stereocenters. The molecule has 2 aromatic heterocycles. The lowest BCUT2D eigenvalue weighted by atomic mass is 9.85. The minimum atomic E-state index is 0.570. The number of benzene rings is 2. The SMILES string of the molecule is COc1nc(-c2cccc(-c3cccc(-c4cnc(CNCC5CCC5)c(OC)n4)c3C)c2C)cnc1CNCC1CCC1. The van der Waals surface area contributed by atoms with Crippen LogP contribution in [0.2, 0.25) is 0 Å². The average molecular weight is 593 g/mol. The van der Waals surface area contributed by atoms with Crippen molar-refractivity contribution in [1.82, 2.24) is 30.6 Å². The Hall–Kier alpha value is -3.88. The molecule has 2 N–H and O–H groups in total. The molecule has 8 nitrogen and oxygen atoms in total. The van der Waals surface area contributed by atoms with Gasteiger partial charge in [0.05, 0.1) is 38.0 Å². The van der Waals surface area contributed by atoms with Gasteiger partial charge in [-0.25, -0.2) is 9.97 Å². The summed E-state index contributed by atoms with van der Waals surface area (Å²) in [7, 11) is 3.33. The summed E-state index contributed by atoms with van der Waals surface area (Å²) in [5, 5.41) is 7.06. The zero-order valence-corrected chi connectivity index (χ0v) is 26.4. The number of aromatic nitrogens is 4. The van der Waals surface area contributed by atoms with E-state index in [9.17, 15) is 0 Å². The third-order valence-electron chi connectivity index (χ3n) is 9.42. The molecule has 2 fully saturated rings. The Labute approximate surface area is 261 Å². The molecule has 6 rings (SSSR count). The van der Waals surface area contributed by atoms with E-state index in [-0.39, 0.29) is 0 Å². The lowest BCUT2D eigenvalue weighted by Crippen LogP contribution is -2.27. The van der Waals surface area contributed by atoms with Crippen molar-refractivity contribution in [3.8, 4) is 45.4 Å². The number of hydrogen-bond acceptors (Lipinski definition) is 8. The molecule has 0 radical (unpaired) electrons. The number of ether oxygens (including phenoxy) is 2. The van der Waals surface area contributed by atoms with Crippen LogP contribution < -0.4 is 20.1 Å². The zero-order chi connectivity index (χ0) is 30.5. The van der Waals surface area contributed by atoms with E-state index in [1.807, 2.05) is 12.4 Å². The van der Waals surface area contributed by atoms with Crippen LogP contribution in [0.25, 0.3) is 33.6 Å². The van der Waals surface area contributed by atoms with Crippen LogP contribution in [0.15, 0.2) is 48.8 Å². The molecule has 2 aromatic carbocycles. The Morgan fingerprint density at radius 2 is 1.05 bits per heavy atom. The minimum Gasteiger partial charge on any atom is -0.480 e. The quantitative estimate of drug-likeness (QED) is 0.178. The van der Waals surface area contributed by atoms with Gasteiger partial charge in [-0.3, -0.25) is 9.97 Å². The summed E-state index contributed by atoms with van der Waals surface area (Å²) in [5.74, 6) is 2.72. The maximum Gasteiger partial charge on any atom is 0.237 e. The van der Waals surface area contributed by atoms with Crippen molar-refractivity contribution >= 4 is 0 Å². The van der Waals surface area contributed by atoms with Gasteiger partial charge in [0.15, 0.2) is 0 Å². The third-order valence-corrected chi connectivity index (χ3v) is 9.42. The van der Waals surface area contributed by atoms with Gasteiger partial charge in [0.2, 0.25) is 11.8 Å². The van der Waals surface area contributed by atoms with E-state index in [0.29, 0.717) is 24.8 Å². The van der Waals surface area contributed by atoms with Gasteiger partial charge in [-0.1, -0.05) is 49.2 Å². The molecular weight excluding hydrogens is 548 g/mol. The zero-order valence-electron chi connectivity index (χ0n) is 26.4. The highest BCUT2D eigenvalue weighted by molar-refractivity contribution is 5.82. The van der Waals surface area contributed by atoms with E-state index in [4.69, 9.17) is 29.4 Å². The van der Waals surface area contributed by atoms with Crippen molar-refractivity contribution in [2.75, 3.05) is 27.3 Å². The fourth-order valence-electron chi connectivity index (χ4n) is 6.22. The molecule has 2 aliphatic carbocycles. The highest BCUT2D eigenvalue weighted by Crippen LogP contribution is 2.37. The van der Waals surface area contributed by atoms with Gasteiger partial charge in [0.25, 0.3) is 0 Å². The van der Waals surface area contributed by atoms with Crippen LogP contribution >= 0.6 is 0 Å². The van der Waals surface area contributed by atoms with E-state index in [1.165, 1.54) is 38.5 Å². The van der Waals surface area contributed by atoms with Gasteiger partial charge in [-0.15, -0.1) is 0 Å². The fourth-order valence-corrected chi connectivity index (χ4v) is 6.22. The molecule has 0 saturated heterocycles. The van der Waals surface area contributed by atoms with Crippen molar-refractivity contribution in [2.24, 2.45) is 11.8 Å². The average Bonchev–Trinajstić information content (AvgIpc) is 3.00. The maximum absolute atomic E-state index is 5.67. The molecule has 0 amide bonds. The first-order chi connectivity index (χ1) is 21.6. The predicted molar refractivity (Wildman–Crippen MR) is 175 cm³/mol. The van der Waals surface area contributed by atoms with E-state index in [1.54, 1.807) is 14.2 Å². The topological polar surface area (TPSA) is 94.1 Å². The Morgan fingerprint density at radius 3 is 1.41 bits per heavy atom. The Balaban J connectivity index is 1.24. The first-order valence-corrected chi connectivity index (χ1v) is 16.0. The van der Waals surface area contributed by atoms with E-state index in [0.717, 1.165) is 81.1 Å². The molecule has 2 saturated carbocycles. The van der Waals surface area contributed by atoms with Crippen LogP contribution in [0.3, 0.4) is 0 Å². The van der Waals surface area contributed by atoms with Gasteiger partial charge in [-0.2, -0.15) is 0 Å². The second-order valence-electron chi connectivity index (χ2n) is 12.2. The summed E-state index contributed by atoms with van der Waals surface area (Å²) in [5.41, 5.74) is 9.91. The van der Waals surface area contributed by atoms with Crippen molar-refractivity contribution in [2.45, 2.75) is 65.5 Å². The van der Waals surface area contributed by atoms with Crippen molar-refractivity contribution in [1.29, 1.82) is 0 Å². The predicted octanol–water partition coefficient (Wildman–Crippen LogP) is 6.68. The molecule has 8 heteroatoms. The number of nitrogens with zero attached hydrogens (tertiary/aromatic N) is 4. The molecule has 230 valence electrons. The highest BCUT2D eigenvalue weighted by Gasteiger charge is 2.20. The molecule has 44 heavy (non-hydrogen) atoms. The van der Waals surface area contributed by atoms with E-state index < -0.39 is 0 Å². The summed E-state index contributed by atoms with van der Waals surface area (Å²) in [6.07, 6.45) is 11.7. The van der Waals surface area contributed by atoms with Gasteiger partial charge < -0.3 is 20.1 Å². The first kappa shape index (κ1) is 30.2.